The van der Waals surface area contributed by atoms with Crippen LogP contribution in [0.5, 0.6) is 0 Å². The molecule has 158 valence electrons. The molecule has 0 saturated heterocycles. The Bertz CT molecular complexity index is 1210. The number of aromatic nitrogens is 2. The van der Waals surface area contributed by atoms with Crippen molar-refractivity contribution < 1.29 is 26.4 Å². The van der Waals surface area contributed by atoms with Crippen LogP contribution in [0.4, 0.5) is 24.7 Å². The normalized spacial score (nSPS) is 11.5. The van der Waals surface area contributed by atoms with Crippen molar-refractivity contribution >= 4 is 39.0 Å². The van der Waals surface area contributed by atoms with Gasteiger partial charge < -0.3 is 11.1 Å². The van der Waals surface area contributed by atoms with Crippen molar-refractivity contribution in [2.45, 2.75) is 21.4 Å². The van der Waals surface area contributed by atoms with Gasteiger partial charge in [-0.3, -0.25) is 4.79 Å². The summed E-state index contributed by atoms with van der Waals surface area (Å²) in [5.74, 6) is -3.44. The molecule has 0 aliphatic rings. The SMILES string of the molecule is CSc1nn(CC(=O)Nc2ccc(F)cc2F)c(N)c1S(=O)(=O)c1ccc(F)cc1. The van der Waals surface area contributed by atoms with E-state index in [1.54, 1.807) is 6.26 Å². The van der Waals surface area contributed by atoms with Gasteiger partial charge >= 0.3 is 0 Å². The fourth-order valence-corrected chi connectivity index (χ4v) is 5.02. The van der Waals surface area contributed by atoms with E-state index in [9.17, 15) is 26.4 Å². The maximum absolute atomic E-state index is 13.7. The van der Waals surface area contributed by atoms with E-state index in [1.165, 1.54) is 0 Å². The first-order chi connectivity index (χ1) is 14.1. The maximum atomic E-state index is 13.7. The number of nitrogens with zero attached hydrogens (tertiary/aromatic N) is 2. The number of benzene rings is 2. The number of nitrogens with one attached hydrogen (secondary N) is 1. The highest BCUT2D eigenvalue weighted by Crippen LogP contribution is 2.34. The minimum absolute atomic E-state index is 0.0394. The number of nitrogen functional groups attached to an aromatic ring is 1. The van der Waals surface area contributed by atoms with Crippen LogP contribution in [0.25, 0.3) is 0 Å². The highest BCUT2D eigenvalue weighted by molar-refractivity contribution is 7.99. The summed E-state index contributed by atoms with van der Waals surface area (Å²) >= 11 is 0.992. The molecule has 1 heterocycles. The highest BCUT2D eigenvalue weighted by Gasteiger charge is 2.29. The number of hydrogen-bond acceptors (Lipinski definition) is 6. The van der Waals surface area contributed by atoms with Crippen LogP contribution in [-0.4, -0.2) is 30.4 Å². The summed E-state index contributed by atoms with van der Waals surface area (Å²) < 4.78 is 66.7. The van der Waals surface area contributed by atoms with Gasteiger partial charge in [0.15, 0.2) is 0 Å². The zero-order chi connectivity index (χ0) is 22.1. The predicted octanol–water partition coefficient (Wildman–Crippen LogP) is 3.08. The second-order valence-electron chi connectivity index (χ2n) is 6.01. The second kappa shape index (κ2) is 8.40. The molecule has 0 radical (unpaired) electrons. The molecule has 3 aromatic rings. The Labute approximate surface area is 174 Å². The third-order valence-electron chi connectivity index (χ3n) is 4.00. The van der Waals surface area contributed by atoms with E-state index in [0.717, 1.165) is 52.8 Å². The topological polar surface area (TPSA) is 107 Å². The van der Waals surface area contributed by atoms with Crippen molar-refractivity contribution in [1.82, 2.24) is 9.78 Å². The summed E-state index contributed by atoms with van der Waals surface area (Å²) in [5.41, 5.74) is 5.70. The Balaban J connectivity index is 1.91. The van der Waals surface area contributed by atoms with E-state index in [2.05, 4.69) is 10.4 Å². The quantitative estimate of drug-likeness (QED) is 0.436. The molecule has 0 bridgehead atoms. The summed E-state index contributed by atoms with van der Waals surface area (Å²) in [6.07, 6.45) is 1.57. The number of halogens is 3. The monoisotopic (exact) mass is 456 g/mol. The van der Waals surface area contributed by atoms with Crippen LogP contribution in [-0.2, 0) is 21.2 Å². The average Bonchev–Trinajstić information content (AvgIpc) is 3.00. The lowest BCUT2D eigenvalue weighted by Crippen LogP contribution is -2.21. The zero-order valence-corrected chi connectivity index (χ0v) is 17.0. The van der Waals surface area contributed by atoms with E-state index in [4.69, 9.17) is 5.73 Å². The zero-order valence-electron chi connectivity index (χ0n) is 15.4. The molecule has 0 spiro atoms. The smallest absolute Gasteiger partial charge is 0.246 e. The van der Waals surface area contributed by atoms with Gasteiger partial charge in [0, 0.05) is 6.07 Å². The molecule has 0 aliphatic carbocycles. The fraction of sp³-hybridized carbons (Fsp3) is 0.111. The Kier molecular flexibility index (Phi) is 6.08. The predicted molar refractivity (Wildman–Crippen MR) is 105 cm³/mol. The lowest BCUT2D eigenvalue weighted by molar-refractivity contribution is -0.116. The van der Waals surface area contributed by atoms with E-state index in [-0.39, 0.29) is 26.3 Å². The molecule has 1 aromatic heterocycles. The summed E-state index contributed by atoms with van der Waals surface area (Å²) in [6.45, 7) is -0.519. The first-order valence-corrected chi connectivity index (χ1v) is 11.0. The molecule has 2 aromatic carbocycles. The number of hydrogen-bond donors (Lipinski definition) is 2. The number of carbonyl (C=O) groups is 1. The molecular weight excluding hydrogens is 441 g/mol. The molecule has 7 nitrogen and oxygen atoms in total. The Hall–Kier alpha value is -2.99. The van der Waals surface area contributed by atoms with E-state index < -0.39 is 39.7 Å². The minimum atomic E-state index is -4.14. The Morgan fingerprint density at radius 3 is 2.37 bits per heavy atom. The van der Waals surface area contributed by atoms with Crippen LogP contribution in [0.1, 0.15) is 0 Å². The van der Waals surface area contributed by atoms with Crippen LogP contribution in [0.3, 0.4) is 0 Å². The summed E-state index contributed by atoms with van der Waals surface area (Å²) in [7, 11) is -4.14. The molecule has 0 aliphatic heterocycles. The van der Waals surface area contributed by atoms with E-state index in [1.807, 2.05) is 0 Å². The van der Waals surface area contributed by atoms with Crippen molar-refractivity contribution in [2.75, 3.05) is 17.3 Å². The summed E-state index contributed by atoms with van der Waals surface area (Å²) in [4.78, 5) is 11.7. The van der Waals surface area contributed by atoms with Crippen LogP contribution >= 0.6 is 11.8 Å². The summed E-state index contributed by atoms with van der Waals surface area (Å²) in [6, 6.07) is 6.81. The standard InChI is InChI=1S/C18H15F3N4O3S2/c1-29-18-16(30(27,28)12-5-2-10(19)3-6-12)17(22)25(24-18)9-15(26)23-14-7-4-11(20)8-13(14)21/h2-8H,9,22H2,1H3,(H,23,26). The Morgan fingerprint density at radius 1 is 1.13 bits per heavy atom. The van der Waals surface area contributed by atoms with Gasteiger partial charge in [-0.2, -0.15) is 5.10 Å². The van der Waals surface area contributed by atoms with E-state index in [0.29, 0.717) is 6.07 Å². The third kappa shape index (κ3) is 4.28. The largest absolute Gasteiger partial charge is 0.383 e. The Morgan fingerprint density at radius 2 is 1.77 bits per heavy atom. The molecule has 3 rings (SSSR count). The van der Waals surface area contributed by atoms with Crippen molar-refractivity contribution in [3.8, 4) is 0 Å². The number of nitrogens with two attached hydrogens (primary N) is 1. The van der Waals surface area contributed by atoms with Crippen molar-refractivity contribution in [3.05, 3.63) is 59.9 Å². The first kappa shape index (κ1) is 21.7. The maximum Gasteiger partial charge on any atom is 0.246 e. The van der Waals surface area contributed by atoms with Crippen LogP contribution in [0, 0.1) is 17.5 Å². The number of anilines is 2. The van der Waals surface area contributed by atoms with Gasteiger partial charge in [-0.05, 0) is 42.7 Å². The molecule has 0 fully saturated rings. The average molecular weight is 456 g/mol. The molecule has 30 heavy (non-hydrogen) atoms. The number of amides is 1. The second-order valence-corrected chi connectivity index (χ2v) is 8.69. The van der Waals surface area contributed by atoms with Gasteiger partial charge in [-0.15, -0.1) is 11.8 Å². The van der Waals surface area contributed by atoms with E-state index >= 15 is 0 Å². The third-order valence-corrected chi connectivity index (χ3v) is 6.64. The minimum Gasteiger partial charge on any atom is -0.383 e. The molecule has 0 saturated carbocycles. The number of sulfone groups is 1. The van der Waals surface area contributed by atoms with Gasteiger partial charge in [-0.1, -0.05) is 0 Å². The van der Waals surface area contributed by atoms with Crippen molar-refractivity contribution in [1.29, 1.82) is 0 Å². The molecule has 12 heteroatoms. The van der Waals surface area contributed by atoms with Gasteiger partial charge in [-0.25, -0.2) is 26.3 Å². The van der Waals surface area contributed by atoms with Crippen molar-refractivity contribution in [2.24, 2.45) is 0 Å². The molecule has 3 N–H and O–H groups in total. The van der Waals surface area contributed by atoms with Gasteiger partial charge in [0.05, 0.1) is 10.6 Å². The molecule has 1 amide bonds. The lowest BCUT2D eigenvalue weighted by atomic mass is 10.3. The molecular formula is C18H15F3N4O3S2. The number of rotatable bonds is 6. The number of carbonyl (C=O) groups excluding carboxylic acids is 1. The van der Waals surface area contributed by atoms with Crippen molar-refractivity contribution in [3.63, 3.8) is 0 Å². The van der Waals surface area contributed by atoms with Crippen LogP contribution < -0.4 is 11.1 Å². The highest BCUT2D eigenvalue weighted by atomic mass is 32.2. The fourth-order valence-electron chi connectivity index (χ4n) is 2.59. The molecule has 0 atom stereocenters. The summed E-state index contributed by atoms with van der Waals surface area (Å²) in [5, 5.41) is 6.32. The van der Waals surface area contributed by atoms with Gasteiger partial charge in [0.2, 0.25) is 15.7 Å². The molecule has 0 unspecified atom stereocenters. The number of thioether (sulfide) groups is 1. The van der Waals surface area contributed by atoms with Gasteiger partial charge in [0.1, 0.15) is 39.7 Å². The lowest BCUT2D eigenvalue weighted by Gasteiger charge is -2.08. The first-order valence-electron chi connectivity index (χ1n) is 8.29. The van der Waals surface area contributed by atoms with Crippen LogP contribution in [0.2, 0.25) is 0 Å². The van der Waals surface area contributed by atoms with Crippen LogP contribution in [0.15, 0.2) is 57.3 Å². The van der Waals surface area contributed by atoms with Gasteiger partial charge in [0.25, 0.3) is 0 Å².